The van der Waals surface area contributed by atoms with Crippen LogP contribution >= 0.6 is 0 Å². The van der Waals surface area contributed by atoms with Gasteiger partial charge in [-0.25, -0.2) is 0 Å². The van der Waals surface area contributed by atoms with E-state index in [-0.39, 0.29) is 32.5 Å². The second-order valence-electron chi connectivity index (χ2n) is 4.18. The molecule has 1 unspecified atom stereocenters. The molecule has 5 heteroatoms. The first kappa shape index (κ1) is 15.2. The van der Waals surface area contributed by atoms with Crippen LogP contribution in [0.4, 0.5) is 0 Å². The van der Waals surface area contributed by atoms with Crippen LogP contribution in [0.25, 0.3) is 0 Å². The van der Waals surface area contributed by atoms with Gasteiger partial charge < -0.3 is 25.2 Å². The predicted molar refractivity (Wildman–Crippen MR) is 66.8 cm³/mol. The Kier molecular flexibility index (Phi) is 6.97. The summed E-state index contributed by atoms with van der Waals surface area (Å²) in [4.78, 5) is 0. The fourth-order valence-corrected chi connectivity index (χ4v) is 2.14. The van der Waals surface area contributed by atoms with Gasteiger partial charge in [0.05, 0.1) is 6.61 Å². The molecule has 1 heterocycles. The molecule has 0 saturated carbocycles. The topological polar surface area (TPSA) is 90.2 Å². The van der Waals surface area contributed by atoms with Crippen LogP contribution in [0.5, 0.6) is 0 Å². The van der Waals surface area contributed by atoms with Crippen molar-refractivity contribution in [3.05, 3.63) is 23.0 Å². The van der Waals surface area contributed by atoms with Crippen LogP contribution < -0.4 is 0 Å². The van der Waals surface area contributed by atoms with E-state index in [4.69, 9.17) is 25.2 Å². The van der Waals surface area contributed by atoms with Crippen LogP contribution in [0.1, 0.15) is 25.7 Å². The van der Waals surface area contributed by atoms with E-state index in [2.05, 4.69) is 0 Å². The molecule has 0 saturated heterocycles. The van der Waals surface area contributed by atoms with Crippen molar-refractivity contribution >= 4 is 0 Å². The number of hydrogen-bond acceptors (Lipinski definition) is 5. The number of hydrogen-bond donors (Lipinski definition) is 4. The first-order valence-electron chi connectivity index (χ1n) is 6.30. The summed E-state index contributed by atoms with van der Waals surface area (Å²) in [6.45, 7) is 0.0257. The summed E-state index contributed by atoms with van der Waals surface area (Å²) in [5.74, 6) is 0.663. The highest BCUT2D eigenvalue weighted by Gasteiger charge is 2.22. The normalized spacial score (nSPS) is 19.8. The Morgan fingerprint density at radius 1 is 0.889 bits per heavy atom. The zero-order valence-corrected chi connectivity index (χ0v) is 10.5. The molecular weight excluding hydrogens is 236 g/mol. The van der Waals surface area contributed by atoms with Crippen LogP contribution in [0.15, 0.2) is 23.0 Å². The van der Waals surface area contributed by atoms with Crippen molar-refractivity contribution in [3.8, 4) is 0 Å². The van der Waals surface area contributed by atoms with E-state index in [0.717, 1.165) is 11.1 Å². The Morgan fingerprint density at radius 2 is 1.56 bits per heavy atom. The Morgan fingerprint density at radius 3 is 2.11 bits per heavy atom. The lowest BCUT2D eigenvalue weighted by Gasteiger charge is -2.28. The molecular formula is C13H22O5. The maximum Gasteiger partial charge on any atom is 0.119 e. The van der Waals surface area contributed by atoms with E-state index in [0.29, 0.717) is 31.4 Å². The van der Waals surface area contributed by atoms with E-state index >= 15 is 0 Å². The molecule has 1 atom stereocenters. The largest absolute Gasteiger partial charge is 0.490 e. The summed E-state index contributed by atoms with van der Waals surface area (Å²) in [6, 6.07) is 0. The van der Waals surface area contributed by atoms with Gasteiger partial charge in [-0.05, 0) is 30.1 Å². The van der Waals surface area contributed by atoms with Crippen molar-refractivity contribution in [2.45, 2.75) is 31.8 Å². The van der Waals surface area contributed by atoms with Gasteiger partial charge in [-0.3, -0.25) is 0 Å². The van der Waals surface area contributed by atoms with Crippen molar-refractivity contribution < 1.29 is 25.2 Å². The highest BCUT2D eigenvalue weighted by Crippen LogP contribution is 2.31. The fraction of sp³-hybridized carbons (Fsp3) is 0.692. The molecule has 0 fully saturated rings. The lowest BCUT2D eigenvalue weighted by Crippen LogP contribution is -2.20. The van der Waals surface area contributed by atoms with Gasteiger partial charge in [0, 0.05) is 32.7 Å². The van der Waals surface area contributed by atoms with Crippen LogP contribution in [-0.2, 0) is 4.74 Å². The summed E-state index contributed by atoms with van der Waals surface area (Å²) in [6.07, 6.45) is 3.48. The maximum absolute atomic E-state index is 9.08. The Labute approximate surface area is 107 Å². The summed E-state index contributed by atoms with van der Waals surface area (Å²) in [5.41, 5.74) is 1.81. The molecule has 1 rings (SSSR count). The number of aliphatic hydroxyl groups excluding tert-OH is 4. The lowest BCUT2D eigenvalue weighted by molar-refractivity contribution is 0.101. The smallest absolute Gasteiger partial charge is 0.119 e. The molecule has 1 aliphatic heterocycles. The molecule has 0 bridgehead atoms. The second kappa shape index (κ2) is 8.26. The minimum atomic E-state index is -0.222. The Hall–Kier alpha value is -0.880. The molecule has 5 nitrogen and oxygen atoms in total. The molecule has 0 aliphatic carbocycles. The highest BCUT2D eigenvalue weighted by atomic mass is 16.5. The van der Waals surface area contributed by atoms with Crippen molar-refractivity contribution in [2.75, 3.05) is 26.4 Å². The molecule has 104 valence electrons. The summed E-state index contributed by atoms with van der Waals surface area (Å²) < 4.78 is 5.70. The molecule has 0 spiro atoms. The predicted octanol–water partition coefficient (Wildman–Crippen LogP) is 0.0953. The molecule has 0 aromatic rings. The van der Waals surface area contributed by atoms with E-state index in [1.54, 1.807) is 0 Å². The second-order valence-corrected chi connectivity index (χ2v) is 4.18. The van der Waals surface area contributed by atoms with Crippen molar-refractivity contribution in [3.63, 3.8) is 0 Å². The number of aliphatic hydroxyl groups is 4. The van der Waals surface area contributed by atoms with Gasteiger partial charge in [0.15, 0.2) is 0 Å². The quantitative estimate of drug-likeness (QED) is 0.495. The van der Waals surface area contributed by atoms with Gasteiger partial charge in [0.1, 0.15) is 11.9 Å². The average Bonchev–Trinajstić information content (AvgIpc) is 2.34. The van der Waals surface area contributed by atoms with Gasteiger partial charge in [0.25, 0.3) is 0 Å². The minimum absolute atomic E-state index is 0.00105. The van der Waals surface area contributed by atoms with E-state index in [1.807, 2.05) is 6.08 Å². The van der Waals surface area contributed by atoms with Crippen molar-refractivity contribution in [2.24, 2.45) is 0 Å². The lowest BCUT2D eigenvalue weighted by atomic mass is 9.93. The number of rotatable bonds is 8. The van der Waals surface area contributed by atoms with Crippen LogP contribution in [0.3, 0.4) is 0 Å². The number of ether oxygens (including phenoxy) is 1. The molecule has 0 amide bonds. The van der Waals surface area contributed by atoms with Gasteiger partial charge in [-0.1, -0.05) is 0 Å². The average molecular weight is 258 g/mol. The van der Waals surface area contributed by atoms with Crippen molar-refractivity contribution in [1.29, 1.82) is 0 Å². The zero-order chi connectivity index (χ0) is 13.4. The monoisotopic (exact) mass is 258 g/mol. The Balaban J connectivity index is 2.93. The van der Waals surface area contributed by atoms with E-state index in [1.165, 1.54) is 0 Å². The first-order chi connectivity index (χ1) is 8.76. The SMILES string of the molecule is OCCC1=CC(CCO)OC(CCO)=C1CCO. The third kappa shape index (κ3) is 4.10. The molecule has 0 aromatic heterocycles. The summed E-state index contributed by atoms with van der Waals surface area (Å²) >= 11 is 0. The van der Waals surface area contributed by atoms with Gasteiger partial charge in [0.2, 0.25) is 0 Å². The Bertz CT molecular complexity index is 309. The molecule has 0 radical (unpaired) electrons. The highest BCUT2D eigenvalue weighted by molar-refractivity contribution is 5.37. The molecule has 1 aliphatic rings. The van der Waals surface area contributed by atoms with E-state index < -0.39 is 0 Å². The fourth-order valence-electron chi connectivity index (χ4n) is 2.14. The maximum atomic E-state index is 9.08. The van der Waals surface area contributed by atoms with Gasteiger partial charge in [-0.15, -0.1) is 0 Å². The third-order valence-corrected chi connectivity index (χ3v) is 2.90. The summed E-state index contributed by atoms with van der Waals surface area (Å²) in [7, 11) is 0. The van der Waals surface area contributed by atoms with Crippen molar-refractivity contribution in [1.82, 2.24) is 0 Å². The summed E-state index contributed by atoms with van der Waals surface area (Å²) in [5, 5.41) is 36.1. The third-order valence-electron chi connectivity index (χ3n) is 2.90. The first-order valence-corrected chi connectivity index (χ1v) is 6.30. The van der Waals surface area contributed by atoms with Crippen LogP contribution in [0.2, 0.25) is 0 Å². The molecule has 0 aromatic carbocycles. The van der Waals surface area contributed by atoms with Gasteiger partial charge in [-0.2, -0.15) is 0 Å². The van der Waals surface area contributed by atoms with Crippen LogP contribution in [0, 0.1) is 0 Å². The minimum Gasteiger partial charge on any atom is -0.490 e. The zero-order valence-electron chi connectivity index (χ0n) is 10.5. The van der Waals surface area contributed by atoms with E-state index in [9.17, 15) is 0 Å². The molecule has 18 heavy (non-hydrogen) atoms. The molecule has 4 N–H and O–H groups in total. The standard InChI is InChI=1S/C13H22O5/c14-5-1-10-9-11(2-6-15)18-13(4-8-17)12(10)3-7-16/h9,11,14-17H,1-8H2. The van der Waals surface area contributed by atoms with Crippen LogP contribution in [-0.4, -0.2) is 53.0 Å². The van der Waals surface area contributed by atoms with Gasteiger partial charge >= 0.3 is 0 Å².